The summed E-state index contributed by atoms with van der Waals surface area (Å²) in [6.45, 7) is 1.00. The van der Waals surface area contributed by atoms with Crippen molar-refractivity contribution in [1.29, 1.82) is 0 Å². The molecule has 2 aromatic heterocycles. The van der Waals surface area contributed by atoms with Crippen LogP contribution in [-0.4, -0.2) is 26.7 Å². The van der Waals surface area contributed by atoms with Gasteiger partial charge in [0.05, 0.1) is 6.04 Å². The Morgan fingerprint density at radius 3 is 2.89 bits per heavy atom. The van der Waals surface area contributed by atoms with Crippen LogP contribution >= 0.6 is 0 Å². The highest BCUT2D eigenvalue weighted by atomic mass is 16.5. The third kappa shape index (κ3) is 2.38. The second kappa shape index (κ2) is 5.22. The average Bonchev–Trinajstić information content (AvgIpc) is 2.76. The Morgan fingerprint density at radius 1 is 1.11 bits per heavy atom. The Balaban J connectivity index is 1.80. The van der Waals surface area contributed by atoms with E-state index in [1.54, 1.807) is 18.5 Å². The molecule has 18 heavy (non-hydrogen) atoms. The maximum Gasteiger partial charge on any atom is 0.244 e. The molecule has 0 aliphatic carbocycles. The summed E-state index contributed by atoms with van der Waals surface area (Å²) in [5.41, 5.74) is 0. The van der Waals surface area contributed by atoms with Crippen molar-refractivity contribution in [2.75, 3.05) is 6.54 Å². The van der Waals surface area contributed by atoms with Gasteiger partial charge >= 0.3 is 0 Å². The normalized spacial score (nSPS) is 20.6. The van der Waals surface area contributed by atoms with Crippen LogP contribution in [-0.2, 0) is 0 Å². The number of nitrogens with one attached hydrogen (secondary N) is 1. The molecule has 1 aliphatic heterocycles. The van der Waals surface area contributed by atoms with Crippen LogP contribution in [0.1, 0.15) is 37.6 Å². The van der Waals surface area contributed by atoms with Crippen molar-refractivity contribution in [2.24, 2.45) is 0 Å². The molecule has 0 radical (unpaired) electrons. The zero-order valence-electron chi connectivity index (χ0n) is 10.0. The smallest absolute Gasteiger partial charge is 0.244 e. The van der Waals surface area contributed by atoms with Gasteiger partial charge in [-0.15, -0.1) is 0 Å². The van der Waals surface area contributed by atoms with Crippen LogP contribution in [0.3, 0.4) is 0 Å². The number of hydrogen-bond donors (Lipinski definition) is 1. The first kappa shape index (κ1) is 11.3. The van der Waals surface area contributed by atoms with Gasteiger partial charge in [0.15, 0.2) is 0 Å². The van der Waals surface area contributed by atoms with E-state index in [2.05, 4.69) is 25.4 Å². The first-order valence-corrected chi connectivity index (χ1v) is 6.28. The topological polar surface area (TPSA) is 76.7 Å². The van der Waals surface area contributed by atoms with Crippen molar-refractivity contribution in [3.8, 4) is 11.6 Å². The van der Waals surface area contributed by atoms with Crippen LogP contribution in [0.2, 0.25) is 0 Å². The van der Waals surface area contributed by atoms with Gasteiger partial charge in [-0.05, 0) is 25.5 Å². The van der Waals surface area contributed by atoms with Crippen molar-refractivity contribution in [3.05, 3.63) is 24.4 Å². The van der Waals surface area contributed by atoms with Crippen molar-refractivity contribution < 1.29 is 4.52 Å². The second-order valence-corrected chi connectivity index (χ2v) is 4.38. The Bertz CT molecular complexity index is 490. The molecular formula is C12H15N5O. The van der Waals surface area contributed by atoms with Gasteiger partial charge in [0, 0.05) is 12.4 Å². The molecular weight excluding hydrogens is 230 g/mol. The molecule has 1 N–H and O–H groups in total. The lowest BCUT2D eigenvalue weighted by Crippen LogP contribution is -2.20. The van der Waals surface area contributed by atoms with Gasteiger partial charge in [0.1, 0.15) is 0 Å². The predicted octanol–water partition coefficient (Wildman–Crippen LogP) is 1.73. The molecule has 0 saturated carbocycles. The van der Waals surface area contributed by atoms with Gasteiger partial charge in [-0.25, -0.2) is 9.97 Å². The van der Waals surface area contributed by atoms with Crippen molar-refractivity contribution in [2.45, 2.75) is 31.7 Å². The molecule has 1 unspecified atom stereocenters. The Kier molecular flexibility index (Phi) is 3.27. The van der Waals surface area contributed by atoms with E-state index in [1.165, 1.54) is 19.3 Å². The third-order valence-corrected chi connectivity index (χ3v) is 3.07. The number of nitrogens with zero attached hydrogens (tertiary/aromatic N) is 4. The van der Waals surface area contributed by atoms with E-state index < -0.39 is 0 Å². The molecule has 94 valence electrons. The Hall–Kier alpha value is -1.82. The lowest BCUT2D eigenvalue weighted by Gasteiger charge is -2.09. The van der Waals surface area contributed by atoms with Crippen LogP contribution in [0.5, 0.6) is 0 Å². The number of rotatable bonds is 2. The largest absolute Gasteiger partial charge is 0.337 e. The highest BCUT2D eigenvalue weighted by molar-refractivity contribution is 5.40. The molecule has 3 rings (SSSR count). The van der Waals surface area contributed by atoms with E-state index in [0.29, 0.717) is 17.5 Å². The zero-order valence-corrected chi connectivity index (χ0v) is 10.0. The number of hydrogen-bond acceptors (Lipinski definition) is 6. The second-order valence-electron chi connectivity index (χ2n) is 4.38. The molecule has 1 aliphatic rings. The summed E-state index contributed by atoms with van der Waals surface area (Å²) < 4.78 is 5.31. The minimum atomic E-state index is 0.164. The summed E-state index contributed by atoms with van der Waals surface area (Å²) in [6.07, 6.45) is 8.03. The first-order valence-electron chi connectivity index (χ1n) is 6.28. The van der Waals surface area contributed by atoms with Crippen molar-refractivity contribution in [1.82, 2.24) is 25.4 Å². The van der Waals surface area contributed by atoms with Crippen LogP contribution in [0.25, 0.3) is 11.6 Å². The molecule has 6 heteroatoms. The van der Waals surface area contributed by atoms with Crippen LogP contribution < -0.4 is 5.32 Å². The van der Waals surface area contributed by atoms with Crippen molar-refractivity contribution in [3.63, 3.8) is 0 Å². The monoisotopic (exact) mass is 245 g/mol. The minimum absolute atomic E-state index is 0.164. The molecule has 2 aromatic rings. The lowest BCUT2D eigenvalue weighted by atomic mass is 10.1. The third-order valence-electron chi connectivity index (χ3n) is 3.07. The summed E-state index contributed by atoms with van der Waals surface area (Å²) in [5.74, 6) is 1.59. The molecule has 1 fully saturated rings. The number of aromatic nitrogens is 4. The first-order chi connectivity index (χ1) is 8.93. The molecule has 1 atom stereocenters. The predicted molar refractivity (Wildman–Crippen MR) is 64.5 cm³/mol. The van der Waals surface area contributed by atoms with Gasteiger partial charge < -0.3 is 9.84 Å². The van der Waals surface area contributed by atoms with Crippen LogP contribution in [0.15, 0.2) is 23.0 Å². The fraction of sp³-hybridized carbons (Fsp3) is 0.500. The Morgan fingerprint density at radius 2 is 2.00 bits per heavy atom. The van der Waals surface area contributed by atoms with Crippen molar-refractivity contribution >= 4 is 0 Å². The Labute approximate surface area is 105 Å². The van der Waals surface area contributed by atoms with E-state index >= 15 is 0 Å². The maximum absolute atomic E-state index is 5.31. The standard InChI is InChI=1S/C12H15N5O/c1-2-5-9(13-6-3-1)12-16-11(17-18-12)10-14-7-4-8-15-10/h4,7-9,13H,1-3,5-6H2. The van der Waals surface area contributed by atoms with E-state index in [1.807, 2.05) is 0 Å². The average molecular weight is 245 g/mol. The quantitative estimate of drug-likeness (QED) is 0.868. The molecule has 0 spiro atoms. The van der Waals surface area contributed by atoms with E-state index in [-0.39, 0.29) is 6.04 Å². The van der Waals surface area contributed by atoms with Gasteiger partial charge in [-0.1, -0.05) is 18.0 Å². The SMILES string of the molecule is c1cnc(-c2noc(C3CCCCCN3)n2)nc1. The van der Waals surface area contributed by atoms with Gasteiger partial charge in [-0.3, -0.25) is 0 Å². The van der Waals surface area contributed by atoms with E-state index in [0.717, 1.165) is 13.0 Å². The minimum Gasteiger partial charge on any atom is -0.337 e. The summed E-state index contributed by atoms with van der Waals surface area (Å²) in [7, 11) is 0. The molecule has 0 aromatic carbocycles. The molecule has 6 nitrogen and oxygen atoms in total. The highest BCUT2D eigenvalue weighted by Crippen LogP contribution is 2.22. The van der Waals surface area contributed by atoms with Crippen LogP contribution in [0.4, 0.5) is 0 Å². The summed E-state index contributed by atoms with van der Waals surface area (Å²) >= 11 is 0. The maximum atomic E-state index is 5.31. The summed E-state index contributed by atoms with van der Waals surface area (Å²) in [4.78, 5) is 12.6. The molecule has 3 heterocycles. The molecule has 0 amide bonds. The van der Waals surface area contributed by atoms with Crippen LogP contribution in [0, 0.1) is 0 Å². The highest BCUT2D eigenvalue weighted by Gasteiger charge is 2.21. The zero-order chi connectivity index (χ0) is 12.2. The van der Waals surface area contributed by atoms with Gasteiger partial charge in [0.2, 0.25) is 17.5 Å². The fourth-order valence-corrected chi connectivity index (χ4v) is 2.12. The summed E-state index contributed by atoms with van der Waals surface area (Å²) in [5, 5.41) is 7.37. The lowest BCUT2D eigenvalue weighted by molar-refractivity contribution is 0.327. The summed E-state index contributed by atoms with van der Waals surface area (Å²) in [6, 6.07) is 1.93. The fourth-order valence-electron chi connectivity index (χ4n) is 2.12. The van der Waals surface area contributed by atoms with E-state index in [4.69, 9.17) is 4.52 Å². The molecule has 1 saturated heterocycles. The molecule has 0 bridgehead atoms. The van der Waals surface area contributed by atoms with E-state index in [9.17, 15) is 0 Å². The van der Waals surface area contributed by atoms with Gasteiger partial charge in [0.25, 0.3) is 0 Å². The van der Waals surface area contributed by atoms with Gasteiger partial charge in [-0.2, -0.15) is 4.98 Å².